The molecule has 78 valence electrons. The largest absolute Gasteiger partial charge is 0.330 e. The molecule has 0 saturated carbocycles. The lowest BCUT2D eigenvalue weighted by Gasteiger charge is -2.13. The second-order valence-electron chi connectivity index (χ2n) is 3.60. The molecule has 0 fully saturated rings. The average Bonchev–Trinajstić information content (AvgIpc) is 2.11. The topological polar surface area (TPSA) is 26.0 Å². The van der Waals surface area contributed by atoms with E-state index in [-0.39, 0.29) is 11.7 Å². The molecule has 0 aliphatic heterocycles. The van der Waals surface area contributed by atoms with Crippen molar-refractivity contribution in [2.75, 3.05) is 6.54 Å². The molecule has 3 heteroatoms. The van der Waals surface area contributed by atoms with Gasteiger partial charge < -0.3 is 5.73 Å². The number of benzene rings is 1. The second-order valence-corrected chi connectivity index (χ2v) is 4.52. The predicted molar refractivity (Wildman–Crippen MR) is 60.9 cm³/mol. The van der Waals surface area contributed by atoms with E-state index in [9.17, 15) is 4.39 Å². The third-order valence-corrected chi connectivity index (χ3v) is 2.84. The maximum Gasteiger partial charge on any atom is 0.129 e. The van der Waals surface area contributed by atoms with Gasteiger partial charge in [-0.05, 0) is 49.1 Å². The summed E-state index contributed by atoms with van der Waals surface area (Å²) in [5.74, 6) is 0.0744. The Labute approximate surface area is 92.6 Å². The molecule has 0 aliphatic carbocycles. The van der Waals surface area contributed by atoms with E-state index >= 15 is 0 Å². The van der Waals surface area contributed by atoms with Gasteiger partial charge in [-0.2, -0.15) is 0 Å². The number of halogens is 2. The Morgan fingerprint density at radius 2 is 2.14 bits per heavy atom. The van der Waals surface area contributed by atoms with Gasteiger partial charge in [-0.25, -0.2) is 4.39 Å². The smallest absolute Gasteiger partial charge is 0.129 e. The highest BCUT2D eigenvalue weighted by Crippen LogP contribution is 2.27. The lowest BCUT2D eigenvalue weighted by molar-refractivity contribution is 0.569. The predicted octanol–water partition coefficient (Wildman–Crippen LogP) is 3.35. The van der Waals surface area contributed by atoms with Crippen LogP contribution in [0.15, 0.2) is 16.6 Å². The van der Waals surface area contributed by atoms with Gasteiger partial charge in [-0.1, -0.05) is 22.9 Å². The Balaban J connectivity index is 3.07. The van der Waals surface area contributed by atoms with Crippen LogP contribution in [0.5, 0.6) is 0 Å². The number of hydrogen-bond acceptors (Lipinski definition) is 1. The summed E-state index contributed by atoms with van der Waals surface area (Å²) in [7, 11) is 0. The first-order valence-electron chi connectivity index (χ1n) is 4.72. The van der Waals surface area contributed by atoms with Crippen LogP contribution in [0.1, 0.15) is 30.4 Å². The Kier molecular flexibility index (Phi) is 4.08. The van der Waals surface area contributed by atoms with Crippen molar-refractivity contribution in [1.82, 2.24) is 0 Å². The Hall–Kier alpha value is -0.410. The molecule has 0 radical (unpaired) electrons. The first-order chi connectivity index (χ1) is 6.56. The summed E-state index contributed by atoms with van der Waals surface area (Å²) >= 11 is 3.37. The van der Waals surface area contributed by atoms with Crippen LogP contribution in [-0.2, 0) is 0 Å². The van der Waals surface area contributed by atoms with E-state index in [1.165, 1.54) is 0 Å². The lowest BCUT2D eigenvalue weighted by Crippen LogP contribution is -2.06. The Morgan fingerprint density at radius 1 is 1.50 bits per heavy atom. The van der Waals surface area contributed by atoms with Crippen molar-refractivity contribution < 1.29 is 4.39 Å². The van der Waals surface area contributed by atoms with Gasteiger partial charge in [0, 0.05) is 4.47 Å². The number of nitrogens with two attached hydrogens (primary N) is 1. The van der Waals surface area contributed by atoms with Crippen LogP contribution in [0, 0.1) is 12.7 Å². The number of rotatable bonds is 3. The van der Waals surface area contributed by atoms with Crippen molar-refractivity contribution in [1.29, 1.82) is 0 Å². The quantitative estimate of drug-likeness (QED) is 0.886. The van der Waals surface area contributed by atoms with E-state index in [1.807, 2.05) is 13.0 Å². The van der Waals surface area contributed by atoms with Gasteiger partial charge in [0.25, 0.3) is 0 Å². The van der Waals surface area contributed by atoms with Crippen LogP contribution < -0.4 is 5.73 Å². The highest BCUT2D eigenvalue weighted by molar-refractivity contribution is 9.10. The van der Waals surface area contributed by atoms with E-state index in [1.54, 1.807) is 13.0 Å². The Bertz CT molecular complexity index is 325. The fourth-order valence-corrected chi connectivity index (χ4v) is 2.11. The Morgan fingerprint density at radius 3 is 2.71 bits per heavy atom. The maximum absolute atomic E-state index is 13.7. The lowest BCUT2D eigenvalue weighted by atomic mass is 9.96. The normalized spacial score (nSPS) is 12.9. The van der Waals surface area contributed by atoms with E-state index < -0.39 is 0 Å². The van der Waals surface area contributed by atoms with Gasteiger partial charge in [-0.3, -0.25) is 0 Å². The van der Waals surface area contributed by atoms with Gasteiger partial charge in [0.2, 0.25) is 0 Å². The SMILES string of the molecule is Cc1cc(Br)cc(C(C)CCN)c1F. The zero-order valence-electron chi connectivity index (χ0n) is 8.48. The van der Waals surface area contributed by atoms with Crippen LogP contribution in [0.4, 0.5) is 4.39 Å². The van der Waals surface area contributed by atoms with Crippen molar-refractivity contribution in [2.24, 2.45) is 5.73 Å². The molecular formula is C11H15BrFN. The van der Waals surface area contributed by atoms with Crippen molar-refractivity contribution in [2.45, 2.75) is 26.2 Å². The van der Waals surface area contributed by atoms with Crippen LogP contribution in [0.3, 0.4) is 0 Å². The first kappa shape index (κ1) is 11.7. The van der Waals surface area contributed by atoms with Crippen LogP contribution >= 0.6 is 15.9 Å². The molecule has 0 amide bonds. The van der Waals surface area contributed by atoms with Crippen molar-refractivity contribution >= 4 is 15.9 Å². The van der Waals surface area contributed by atoms with Crippen LogP contribution in [0.2, 0.25) is 0 Å². The van der Waals surface area contributed by atoms with Crippen molar-refractivity contribution in [3.63, 3.8) is 0 Å². The molecule has 0 aliphatic rings. The van der Waals surface area contributed by atoms with E-state index in [0.29, 0.717) is 12.1 Å². The molecule has 0 spiro atoms. The fraction of sp³-hybridized carbons (Fsp3) is 0.455. The molecule has 1 atom stereocenters. The molecule has 0 bridgehead atoms. The summed E-state index contributed by atoms with van der Waals surface area (Å²) in [6.45, 7) is 4.36. The monoisotopic (exact) mass is 259 g/mol. The fourth-order valence-electron chi connectivity index (χ4n) is 1.52. The third-order valence-electron chi connectivity index (χ3n) is 2.38. The van der Waals surface area contributed by atoms with Gasteiger partial charge in [0.1, 0.15) is 5.82 Å². The summed E-state index contributed by atoms with van der Waals surface area (Å²) < 4.78 is 14.6. The van der Waals surface area contributed by atoms with E-state index in [0.717, 1.165) is 16.5 Å². The molecule has 2 N–H and O–H groups in total. The minimum Gasteiger partial charge on any atom is -0.330 e. The average molecular weight is 260 g/mol. The molecular weight excluding hydrogens is 245 g/mol. The minimum absolute atomic E-state index is 0.103. The zero-order valence-corrected chi connectivity index (χ0v) is 10.1. The minimum atomic E-state index is -0.103. The highest BCUT2D eigenvalue weighted by Gasteiger charge is 2.12. The van der Waals surface area contributed by atoms with Crippen molar-refractivity contribution in [3.8, 4) is 0 Å². The van der Waals surface area contributed by atoms with Gasteiger partial charge >= 0.3 is 0 Å². The summed E-state index contributed by atoms with van der Waals surface area (Å²) in [6, 6.07) is 3.62. The zero-order chi connectivity index (χ0) is 10.7. The summed E-state index contributed by atoms with van der Waals surface area (Å²) in [6.07, 6.45) is 0.812. The third kappa shape index (κ3) is 2.55. The molecule has 1 aromatic carbocycles. The number of aryl methyl sites for hydroxylation is 1. The van der Waals surface area contributed by atoms with Gasteiger partial charge in [-0.15, -0.1) is 0 Å². The summed E-state index contributed by atoms with van der Waals surface area (Å²) in [5.41, 5.74) is 6.89. The molecule has 1 rings (SSSR count). The molecule has 14 heavy (non-hydrogen) atoms. The first-order valence-corrected chi connectivity index (χ1v) is 5.51. The highest BCUT2D eigenvalue weighted by atomic mass is 79.9. The molecule has 1 aromatic rings. The second kappa shape index (κ2) is 4.89. The molecule has 0 saturated heterocycles. The van der Waals surface area contributed by atoms with Gasteiger partial charge in [0.15, 0.2) is 0 Å². The molecule has 1 unspecified atom stereocenters. The molecule has 0 aromatic heterocycles. The maximum atomic E-state index is 13.7. The van der Waals surface area contributed by atoms with E-state index in [4.69, 9.17) is 5.73 Å². The summed E-state index contributed by atoms with van der Waals surface area (Å²) in [4.78, 5) is 0. The van der Waals surface area contributed by atoms with E-state index in [2.05, 4.69) is 15.9 Å². The van der Waals surface area contributed by atoms with Crippen LogP contribution in [-0.4, -0.2) is 6.54 Å². The summed E-state index contributed by atoms with van der Waals surface area (Å²) in [5, 5.41) is 0. The number of hydrogen-bond donors (Lipinski definition) is 1. The molecule has 0 heterocycles. The van der Waals surface area contributed by atoms with Crippen molar-refractivity contribution in [3.05, 3.63) is 33.5 Å². The van der Waals surface area contributed by atoms with Gasteiger partial charge in [0.05, 0.1) is 0 Å². The molecule has 1 nitrogen and oxygen atoms in total. The van der Waals surface area contributed by atoms with Crippen LogP contribution in [0.25, 0.3) is 0 Å². The standard InChI is InChI=1S/C11H15BrFN/c1-7(3-4-14)10-6-9(12)5-8(2)11(10)13/h5-7H,3-4,14H2,1-2H3.